The summed E-state index contributed by atoms with van der Waals surface area (Å²) in [5.74, 6) is 0.592. The lowest BCUT2D eigenvalue weighted by molar-refractivity contribution is 0.530. The van der Waals surface area contributed by atoms with Crippen LogP contribution in [0.4, 0.5) is 0 Å². The van der Waals surface area contributed by atoms with Crippen LogP contribution < -0.4 is 0 Å². The second-order valence-electron chi connectivity index (χ2n) is 4.78. The van der Waals surface area contributed by atoms with E-state index in [-0.39, 0.29) is 0 Å². The molecule has 1 aliphatic heterocycles. The molecule has 0 aromatic heterocycles. The Hall–Kier alpha value is -0.890. The average Bonchev–Trinajstić information content (AvgIpc) is 2.81. The van der Waals surface area contributed by atoms with Gasteiger partial charge in [-0.2, -0.15) is 0 Å². The predicted octanol–water partition coefficient (Wildman–Crippen LogP) is 3.58. The van der Waals surface area contributed by atoms with Gasteiger partial charge in [0.05, 0.1) is 0 Å². The van der Waals surface area contributed by atoms with Crippen molar-refractivity contribution in [3.63, 3.8) is 0 Å². The van der Waals surface area contributed by atoms with Crippen LogP contribution in [-0.2, 0) is 0 Å². The maximum Gasteiger partial charge on any atom is 0.109 e. The summed E-state index contributed by atoms with van der Waals surface area (Å²) < 4.78 is 0. The smallest absolute Gasteiger partial charge is 0.109 e. The Kier molecular flexibility index (Phi) is 3.59. The molecular weight excluding hydrogens is 214 g/mol. The van der Waals surface area contributed by atoms with Crippen LogP contribution in [0.25, 0.3) is 0 Å². The van der Waals surface area contributed by atoms with Gasteiger partial charge in [0.25, 0.3) is 0 Å². The van der Waals surface area contributed by atoms with Crippen LogP contribution in [0.15, 0.2) is 24.3 Å². The molecule has 1 fully saturated rings. The molecule has 0 aliphatic carbocycles. The molecule has 86 valence electrons. The van der Waals surface area contributed by atoms with E-state index in [1.54, 1.807) is 0 Å². The second-order valence-corrected chi connectivity index (χ2v) is 5.16. The molecule has 0 bridgehead atoms. The number of rotatable bonds is 2. The van der Waals surface area contributed by atoms with Crippen molar-refractivity contribution in [2.24, 2.45) is 0 Å². The van der Waals surface area contributed by atoms with Crippen LogP contribution >= 0.6 is 12.2 Å². The third-order valence-corrected chi connectivity index (χ3v) is 3.71. The first-order valence-corrected chi connectivity index (χ1v) is 6.48. The first kappa shape index (κ1) is 11.6. The van der Waals surface area contributed by atoms with Gasteiger partial charge in [-0.25, -0.2) is 0 Å². The minimum absolute atomic E-state index is 0.592. The van der Waals surface area contributed by atoms with Crippen LogP contribution in [0, 0.1) is 0 Å². The van der Waals surface area contributed by atoms with Crippen LogP contribution in [0.1, 0.15) is 43.7 Å². The normalized spacial score (nSPS) is 15.8. The van der Waals surface area contributed by atoms with Gasteiger partial charge in [0.15, 0.2) is 0 Å². The van der Waals surface area contributed by atoms with E-state index < -0.39 is 0 Å². The standard InChI is InChI=1S/C14H19NS/c1-11(2)12-5-7-13(8-6-12)14(16)15-9-3-4-10-15/h5-8,11H,3-4,9-10H2,1-2H3. The fourth-order valence-corrected chi connectivity index (χ4v) is 2.43. The van der Waals surface area contributed by atoms with Gasteiger partial charge >= 0.3 is 0 Å². The molecule has 0 saturated carbocycles. The van der Waals surface area contributed by atoms with Gasteiger partial charge in [-0.3, -0.25) is 0 Å². The highest BCUT2D eigenvalue weighted by Crippen LogP contribution is 2.18. The number of hydrogen-bond donors (Lipinski definition) is 0. The molecule has 0 unspecified atom stereocenters. The molecule has 0 radical (unpaired) electrons. The van der Waals surface area contributed by atoms with E-state index in [0.717, 1.165) is 18.1 Å². The Morgan fingerprint density at radius 2 is 1.69 bits per heavy atom. The van der Waals surface area contributed by atoms with Crippen LogP contribution in [-0.4, -0.2) is 23.0 Å². The molecule has 0 atom stereocenters. The van der Waals surface area contributed by atoms with E-state index in [4.69, 9.17) is 12.2 Å². The van der Waals surface area contributed by atoms with Crippen LogP contribution in [0.3, 0.4) is 0 Å². The van der Waals surface area contributed by atoms with E-state index in [1.807, 2.05) is 0 Å². The lowest BCUT2D eigenvalue weighted by Crippen LogP contribution is -2.26. The van der Waals surface area contributed by atoms with E-state index in [1.165, 1.54) is 24.0 Å². The summed E-state index contributed by atoms with van der Waals surface area (Å²) in [4.78, 5) is 3.34. The summed E-state index contributed by atoms with van der Waals surface area (Å²) in [5.41, 5.74) is 2.58. The first-order chi connectivity index (χ1) is 7.68. The maximum absolute atomic E-state index is 5.52. The summed E-state index contributed by atoms with van der Waals surface area (Å²) in [6.07, 6.45) is 2.56. The summed E-state index contributed by atoms with van der Waals surface area (Å²) in [7, 11) is 0. The molecule has 1 aliphatic rings. The van der Waals surface area contributed by atoms with E-state index >= 15 is 0 Å². The van der Waals surface area contributed by atoms with Gasteiger partial charge < -0.3 is 4.90 Å². The highest BCUT2D eigenvalue weighted by molar-refractivity contribution is 7.80. The molecule has 0 amide bonds. The summed E-state index contributed by atoms with van der Waals surface area (Å²) >= 11 is 5.52. The Balaban J connectivity index is 2.11. The molecule has 0 N–H and O–H groups in total. The van der Waals surface area contributed by atoms with Gasteiger partial charge in [-0.1, -0.05) is 50.3 Å². The molecule has 1 saturated heterocycles. The molecule has 1 nitrogen and oxygen atoms in total. The number of thiocarbonyl (C=S) groups is 1. The lowest BCUT2D eigenvalue weighted by atomic mass is 10.0. The second kappa shape index (κ2) is 4.96. The number of likely N-dealkylation sites (tertiary alicyclic amines) is 1. The zero-order chi connectivity index (χ0) is 11.5. The Bertz CT molecular complexity index is 361. The van der Waals surface area contributed by atoms with Crippen molar-refractivity contribution in [2.75, 3.05) is 13.1 Å². The van der Waals surface area contributed by atoms with Gasteiger partial charge in [-0.05, 0) is 24.3 Å². The molecule has 1 aromatic rings. The highest BCUT2D eigenvalue weighted by atomic mass is 32.1. The van der Waals surface area contributed by atoms with Crippen molar-refractivity contribution >= 4 is 17.2 Å². The van der Waals surface area contributed by atoms with Crippen LogP contribution in [0.2, 0.25) is 0 Å². The topological polar surface area (TPSA) is 3.24 Å². The molecule has 1 heterocycles. The zero-order valence-electron chi connectivity index (χ0n) is 10.1. The average molecular weight is 233 g/mol. The lowest BCUT2D eigenvalue weighted by Gasteiger charge is -2.19. The highest BCUT2D eigenvalue weighted by Gasteiger charge is 2.15. The largest absolute Gasteiger partial charge is 0.362 e. The van der Waals surface area contributed by atoms with E-state index in [2.05, 4.69) is 43.0 Å². The van der Waals surface area contributed by atoms with Gasteiger partial charge in [0, 0.05) is 18.7 Å². The quantitative estimate of drug-likeness (QED) is 0.718. The van der Waals surface area contributed by atoms with Crippen molar-refractivity contribution in [3.8, 4) is 0 Å². The van der Waals surface area contributed by atoms with Crippen LogP contribution in [0.5, 0.6) is 0 Å². The van der Waals surface area contributed by atoms with Gasteiger partial charge in [0.1, 0.15) is 4.99 Å². The molecule has 2 rings (SSSR count). The first-order valence-electron chi connectivity index (χ1n) is 6.07. The molecular formula is C14H19NS. The monoisotopic (exact) mass is 233 g/mol. The molecule has 1 aromatic carbocycles. The number of nitrogens with zero attached hydrogens (tertiary/aromatic N) is 1. The van der Waals surface area contributed by atoms with Crippen molar-refractivity contribution in [2.45, 2.75) is 32.6 Å². The maximum atomic E-state index is 5.52. The molecule has 2 heteroatoms. The third-order valence-electron chi connectivity index (χ3n) is 3.22. The molecule has 0 spiro atoms. The molecule has 16 heavy (non-hydrogen) atoms. The van der Waals surface area contributed by atoms with E-state index in [9.17, 15) is 0 Å². The van der Waals surface area contributed by atoms with Gasteiger partial charge in [0.2, 0.25) is 0 Å². The van der Waals surface area contributed by atoms with Crippen molar-refractivity contribution in [1.82, 2.24) is 4.90 Å². The van der Waals surface area contributed by atoms with E-state index in [0.29, 0.717) is 5.92 Å². The fourth-order valence-electron chi connectivity index (χ4n) is 2.11. The minimum atomic E-state index is 0.592. The third kappa shape index (κ3) is 2.43. The minimum Gasteiger partial charge on any atom is -0.362 e. The summed E-state index contributed by atoms with van der Waals surface area (Å²) in [5, 5.41) is 0. The van der Waals surface area contributed by atoms with Gasteiger partial charge in [-0.15, -0.1) is 0 Å². The number of benzene rings is 1. The van der Waals surface area contributed by atoms with Crippen molar-refractivity contribution in [1.29, 1.82) is 0 Å². The Labute approximate surface area is 103 Å². The fraction of sp³-hybridized carbons (Fsp3) is 0.500. The summed E-state index contributed by atoms with van der Waals surface area (Å²) in [6.45, 7) is 6.69. The van der Waals surface area contributed by atoms with Crippen molar-refractivity contribution < 1.29 is 0 Å². The SMILES string of the molecule is CC(C)c1ccc(C(=S)N2CCCC2)cc1. The summed E-state index contributed by atoms with van der Waals surface area (Å²) in [6, 6.07) is 8.72. The Morgan fingerprint density at radius 1 is 1.12 bits per heavy atom. The zero-order valence-corrected chi connectivity index (χ0v) is 10.9. The Morgan fingerprint density at radius 3 is 2.19 bits per heavy atom. The predicted molar refractivity (Wildman–Crippen MR) is 73.0 cm³/mol. The van der Waals surface area contributed by atoms with Crippen molar-refractivity contribution in [3.05, 3.63) is 35.4 Å². The number of hydrogen-bond acceptors (Lipinski definition) is 1.